The van der Waals surface area contributed by atoms with Crippen molar-refractivity contribution < 1.29 is 4.21 Å². The lowest BCUT2D eigenvalue weighted by molar-refractivity contribution is 0.250. The third-order valence-electron chi connectivity index (χ3n) is 4.83. The van der Waals surface area contributed by atoms with E-state index in [1.54, 1.807) is 6.20 Å². The van der Waals surface area contributed by atoms with Crippen molar-refractivity contribution >= 4 is 15.6 Å². The van der Waals surface area contributed by atoms with Gasteiger partial charge in [-0.2, -0.15) is 0 Å². The molecule has 2 unspecified atom stereocenters. The zero-order valence-electron chi connectivity index (χ0n) is 14.4. The molecule has 0 spiro atoms. The summed E-state index contributed by atoms with van der Waals surface area (Å²) >= 11 is 0. The van der Waals surface area contributed by atoms with Gasteiger partial charge in [-0.15, -0.1) is 0 Å². The summed E-state index contributed by atoms with van der Waals surface area (Å²) in [5.74, 6) is 4.14. The predicted molar refractivity (Wildman–Crippen MR) is 102 cm³/mol. The molecular formula is C20H26N2OS. The van der Waals surface area contributed by atoms with E-state index in [0.29, 0.717) is 6.04 Å². The molecule has 0 amide bonds. The van der Waals surface area contributed by atoms with E-state index in [1.807, 2.05) is 43.5 Å². The average Bonchev–Trinajstić information content (AvgIpc) is 2.61. The van der Waals surface area contributed by atoms with Crippen LogP contribution in [-0.2, 0) is 16.1 Å². The molecule has 4 heteroatoms. The molecule has 1 fully saturated rings. The fraction of sp³-hybridized carbons (Fsp3) is 0.400. The first kappa shape index (κ1) is 17.2. The molecule has 1 saturated heterocycles. The van der Waals surface area contributed by atoms with E-state index in [9.17, 15) is 4.21 Å². The van der Waals surface area contributed by atoms with Crippen molar-refractivity contribution in [2.24, 2.45) is 0 Å². The van der Waals surface area contributed by atoms with Crippen LogP contribution in [0.25, 0.3) is 0 Å². The molecule has 0 N–H and O–H groups in total. The predicted octanol–water partition coefficient (Wildman–Crippen LogP) is 3.87. The van der Waals surface area contributed by atoms with Gasteiger partial charge in [0.05, 0.1) is 9.71 Å². The van der Waals surface area contributed by atoms with Crippen LogP contribution in [0.4, 0.5) is 0 Å². The minimum atomic E-state index is -2.41. The number of benzene rings is 1. The summed E-state index contributed by atoms with van der Waals surface area (Å²) in [5.41, 5.74) is 2.43. The van der Waals surface area contributed by atoms with Crippen molar-refractivity contribution in [1.29, 1.82) is 0 Å². The van der Waals surface area contributed by atoms with Crippen LogP contribution in [0, 0.1) is 6.92 Å². The number of hydrogen-bond acceptors (Lipinski definition) is 2. The first-order valence-electron chi connectivity index (χ1n) is 8.67. The van der Waals surface area contributed by atoms with Crippen LogP contribution in [0.2, 0.25) is 0 Å². The molecular weight excluding hydrogens is 316 g/mol. The highest BCUT2D eigenvalue weighted by atomic mass is 32.2. The molecule has 1 aliphatic rings. The van der Waals surface area contributed by atoms with Crippen molar-refractivity contribution in [3.63, 3.8) is 0 Å². The van der Waals surface area contributed by atoms with E-state index < -0.39 is 9.71 Å². The number of rotatable bonds is 5. The van der Waals surface area contributed by atoms with Crippen LogP contribution in [0.15, 0.2) is 53.7 Å². The summed E-state index contributed by atoms with van der Waals surface area (Å²) in [4.78, 5) is 5.04. The number of nitrogens with zero attached hydrogens (tertiary/aromatic N) is 2. The molecule has 24 heavy (non-hydrogen) atoms. The maximum atomic E-state index is 13.5. The lowest BCUT2D eigenvalue weighted by atomic mass is 9.98. The maximum absolute atomic E-state index is 13.5. The van der Waals surface area contributed by atoms with Crippen LogP contribution >= 0.6 is 0 Å². The molecule has 0 radical (unpaired) electrons. The van der Waals surface area contributed by atoms with Crippen LogP contribution in [0.3, 0.4) is 0 Å². The molecule has 0 aliphatic carbocycles. The Kier molecular flexibility index (Phi) is 5.36. The van der Waals surface area contributed by atoms with E-state index in [1.165, 1.54) is 17.5 Å². The second-order valence-electron chi connectivity index (χ2n) is 6.64. The number of piperidine rings is 1. The van der Waals surface area contributed by atoms with Crippen LogP contribution in [0.1, 0.15) is 36.8 Å². The summed E-state index contributed by atoms with van der Waals surface area (Å²) in [5, 5.41) is 0. The SMILES string of the molecule is C=S(=O)(c1ccc(C)cc1)N1CCCCC1CCc1cccnc1. The summed E-state index contributed by atoms with van der Waals surface area (Å²) in [6, 6.07) is 12.4. The Hall–Kier alpha value is -1.65. The molecule has 2 heterocycles. The van der Waals surface area contributed by atoms with Gasteiger partial charge in [0.2, 0.25) is 0 Å². The smallest absolute Gasteiger partial charge is 0.0561 e. The standard InChI is InChI=1S/C20H26N2OS/c1-17-8-12-20(13-9-17)24(2,23)22-15-4-3-7-19(22)11-10-18-6-5-14-21-16-18/h5-6,8-9,12-14,16,19H,2-4,7,10-11,15H2,1H3. The van der Waals surface area contributed by atoms with Gasteiger partial charge in [-0.05, 0) is 62.2 Å². The van der Waals surface area contributed by atoms with Crippen molar-refractivity contribution in [1.82, 2.24) is 9.29 Å². The van der Waals surface area contributed by atoms with Gasteiger partial charge < -0.3 is 0 Å². The van der Waals surface area contributed by atoms with Gasteiger partial charge in [0.1, 0.15) is 0 Å². The topological polar surface area (TPSA) is 33.2 Å². The third kappa shape index (κ3) is 3.87. The van der Waals surface area contributed by atoms with Crippen molar-refractivity contribution in [3.8, 4) is 0 Å². The van der Waals surface area contributed by atoms with Gasteiger partial charge in [-0.25, -0.2) is 8.51 Å². The van der Waals surface area contributed by atoms with E-state index >= 15 is 0 Å². The Morgan fingerprint density at radius 1 is 1.25 bits per heavy atom. The number of pyridine rings is 1. The second-order valence-corrected chi connectivity index (χ2v) is 8.87. The molecule has 2 aromatic rings. The Balaban J connectivity index is 1.77. The zero-order valence-corrected chi connectivity index (χ0v) is 15.2. The van der Waals surface area contributed by atoms with Gasteiger partial charge in [0, 0.05) is 29.9 Å². The second kappa shape index (κ2) is 7.49. The van der Waals surface area contributed by atoms with Gasteiger partial charge >= 0.3 is 0 Å². The molecule has 1 aromatic heterocycles. The fourth-order valence-electron chi connectivity index (χ4n) is 3.42. The minimum absolute atomic E-state index is 0.324. The van der Waals surface area contributed by atoms with Crippen LogP contribution < -0.4 is 0 Å². The van der Waals surface area contributed by atoms with E-state index in [0.717, 1.165) is 37.1 Å². The Bertz CT molecular complexity index is 754. The zero-order chi connectivity index (χ0) is 17.0. The molecule has 0 bridgehead atoms. The van der Waals surface area contributed by atoms with Gasteiger partial charge in [0.15, 0.2) is 0 Å². The summed E-state index contributed by atoms with van der Waals surface area (Å²) < 4.78 is 15.6. The Morgan fingerprint density at radius 3 is 2.75 bits per heavy atom. The van der Waals surface area contributed by atoms with Crippen LogP contribution in [-0.4, -0.2) is 32.0 Å². The Morgan fingerprint density at radius 2 is 2.04 bits per heavy atom. The number of hydrogen-bond donors (Lipinski definition) is 0. The van der Waals surface area contributed by atoms with E-state index in [4.69, 9.17) is 0 Å². The van der Waals surface area contributed by atoms with Gasteiger partial charge in [0.25, 0.3) is 0 Å². The minimum Gasteiger partial charge on any atom is -0.264 e. The summed E-state index contributed by atoms with van der Waals surface area (Å²) in [7, 11) is -2.41. The first-order valence-corrected chi connectivity index (χ1v) is 10.4. The van der Waals surface area contributed by atoms with Crippen molar-refractivity contribution in [2.45, 2.75) is 50.0 Å². The number of aromatic nitrogens is 1. The molecule has 3 nitrogen and oxygen atoms in total. The lowest BCUT2D eigenvalue weighted by Gasteiger charge is -2.37. The fourth-order valence-corrected chi connectivity index (χ4v) is 5.36. The van der Waals surface area contributed by atoms with Crippen LogP contribution in [0.5, 0.6) is 0 Å². The highest BCUT2D eigenvalue weighted by molar-refractivity contribution is 7.98. The monoisotopic (exact) mass is 342 g/mol. The molecule has 128 valence electrons. The average molecular weight is 343 g/mol. The normalized spacial score (nSPS) is 21.3. The molecule has 3 rings (SSSR count). The van der Waals surface area contributed by atoms with Crippen molar-refractivity contribution in [3.05, 3.63) is 59.9 Å². The molecule has 1 aliphatic heterocycles. The quantitative estimate of drug-likeness (QED) is 0.773. The molecule has 2 atom stereocenters. The number of aryl methyl sites for hydroxylation is 2. The van der Waals surface area contributed by atoms with E-state index in [2.05, 4.69) is 21.2 Å². The largest absolute Gasteiger partial charge is 0.264 e. The highest BCUT2D eigenvalue weighted by Crippen LogP contribution is 2.28. The first-order chi connectivity index (χ1) is 11.6. The molecule has 0 saturated carbocycles. The van der Waals surface area contributed by atoms with E-state index in [-0.39, 0.29) is 0 Å². The highest BCUT2D eigenvalue weighted by Gasteiger charge is 2.29. The maximum Gasteiger partial charge on any atom is 0.0561 e. The Labute approximate surface area is 145 Å². The third-order valence-corrected chi connectivity index (χ3v) is 7.08. The summed E-state index contributed by atoms with van der Waals surface area (Å²) in [6.07, 6.45) is 9.10. The van der Waals surface area contributed by atoms with Gasteiger partial charge in [-0.3, -0.25) is 4.98 Å². The lowest BCUT2D eigenvalue weighted by Crippen LogP contribution is -2.43. The van der Waals surface area contributed by atoms with Crippen molar-refractivity contribution in [2.75, 3.05) is 6.54 Å². The molecule has 1 aromatic carbocycles. The van der Waals surface area contributed by atoms with Gasteiger partial charge in [-0.1, -0.05) is 30.2 Å². The summed E-state index contributed by atoms with van der Waals surface area (Å²) in [6.45, 7) is 2.92.